The molecular weight excluding hydrogens is 186 g/mol. The van der Waals surface area contributed by atoms with Gasteiger partial charge in [0.25, 0.3) is 0 Å². The molecule has 1 saturated heterocycles. The van der Waals surface area contributed by atoms with E-state index in [1.165, 1.54) is 24.0 Å². The number of benzene rings is 1. The lowest BCUT2D eigenvalue weighted by Gasteiger charge is -2.08. The van der Waals surface area contributed by atoms with Crippen molar-refractivity contribution >= 4 is 5.91 Å². The van der Waals surface area contributed by atoms with Crippen molar-refractivity contribution < 1.29 is 4.79 Å². The highest BCUT2D eigenvalue weighted by molar-refractivity contribution is 5.79. The molecule has 1 unspecified atom stereocenters. The van der Waals surface area contributed by atoms with E-state index in [0.29, 0.717) is 12.3 Å². The highest BCUT2D eigenvalue weighted by Gasteiger charge is 2.25. The van der Waals surface area contributed by atoms with Crippen molar-refractivity contribution in [2.24, 2.45) is 0 Å². The van der Waals surface area contributed by atoms with Gasteiger partial charge in [-0.1, -0.05) is 24.3 Å². The summed E-state index contributed by atoms with van der Waals surface area (Å²) in [5, 5.41) is 2.88. The van der Waals surface area contributed by atoms with Crippen LogP contribution in [0.1, 0.15) is 42.2 Å². The molecule has 1 aliphatic heterocycles. The second-order valence-electron chi connectivity index (χ2n) is 4.65. The van der Waals surface area contributed by atoms with Gasteiger partial charge in [0, 0.05) is 18.9 Å². The minimum Gasteiger partial charge on any atom is -0.355 e. The van der Waals surface area contributed by atoms with Gasteiger partial charge in [0.2, 0.25) is 5.91 Å². The summed E-state index contributed by atoms with van der Waals surface area (Å²) in [5.41, 5.74) is 2.77. The third kappa shape index (κ3) is 1.76. The molecule has 0 bridgehead atoms. The van der Waals surface area contributed by atoms with Gasteiger partial charge in [0.15, 0.2) is 0 Å². The smallest absolute Gasteiger partial charge is 0.220 e. The summed E-state index contributed by atoms with van der Waals surface area (Å²) < 4.78 is 0. The Morgan fingerprint density at radius 3 is 2.07 bits per heavy atom. The summed E-state index contributed by atoms with van der Waals surface area (Å²) >= 11 is 0. The summed E-state index contributed by atoms with van der Waals surface area (Å²) in [5.74, 6) is 1.40. The van der Waals surface area contributed by atoms with Crippen LogP contribution in [0.25, 0.3) is 0 Å². The highest BCUT2D eigenvalue weighted by Crippen LogP contribution is 2.40. The second-order valence-corrected chi connectivity index (χ2v) is 4.65. The molecule has 3 rings (SSSR count). The Morgan fingerprint density at radius 1 is 1.00 bits per heavy atom. The minimum atomic E-state index is 0.186. The Kier molecular flexibility index (Phi) is 2.01. The number of carbonyl (C=O) groups excluding carboxylic acids is 1. The molecule has 78 valence electrons. The molecule has 2 fully saturated rings. The van der Waals surface area contributed by atoms with Gasteiger partial charge in [0.1, 0.15) is 0 Å². The van der Waals surface area contributed by atoms with Crippen molar-refractivity contribution in [3.05, 3.63) is 35.4 Å². The lowest BCUT2D eigenvalue weighted by atomic mass is 9.96. The first-order valence-electron chi connectivity index (χ1n) is 5.69. The number of carbonyl (C=O) groups is 1. The van der Waals surface area contributed by atoms with Crippen molar-refractivity contribution in [2.45, 2.75) is 31.1 Å². The molecule has 1 N–H and O–H groups in total. The summed E-state index contributed by atoms with van der Waals surface area (Å²) in [7, 11) is 0. The van der Waals surface area contributed by atoms with Crippen molar-refractivity contribution in [1.29, 1.82) is 0 Å². The summed E-state index contributed by atoms with van der Waals surface area (Å²) in [6.07, 6.45) is 3.36. The van der Waals surface area contributed by atoms with E-state index in [1.807, 2.05) is 0 Å². The van der Waals surface area contributed by atoms with E-state index in [1.54, 1.807) is 0 Å². The van der Waals surface area contributed by atoms with E-state index >= 15 is 0 Å². The van der Waals surface area contributed by atoms with Crippen LogP contribution in [0.3, 0.4) is 0 Å². The van der Waals surface area contributed by atoms with Crippen LogP contribution in [0, 0.1) is 0 Å². The number of hydrogen-bond acceptors (Lipinski definition) is 1. The van der Waals surface area contributed by atoms with Gasteiger partial charge in [-0.25, -0.2) is 0 Å². The molecule has 1 atom stereocenters. The Bertz CT molecular complexity index is 378. The molecule has 1 aromatic carbocycles. The second kappa shape index (κ2) is 3.37. The maximum atomic E-state index is 11.1. The first-order valence-corrected chi connectivity index (χ1v) is 5.69. The summed E-state index contributed by atoms with van der Waals surface area (Å²) in [6, 6.07) is 8.85. The monoisotopic (exact) mass is 201 g/mol. The van der Waals surface area contributed by atoms with Crippen molar-refractivity contribution in [3.8, 4) is 0 Å². The van der Waals surface area contributed by atoms with Gasteiger partial charge in [-0.3, -0.25) is 4.79 Å². The van der Waals surface area contributed by atoms with E-state index in [2.05, 4.69) is 29.6 Å². The van der Waals surface area contributed by atoms with E-state index in [9.17, 15) is 4.79 Å². The summed E-state index contributed by atoms with van der Waals surface area (Å²) in [6.45, 7) is 0.807. The van der Waals surface area contributed by atoms with Gasteiger partial charge in [-0.15, -0.1) is 0 Å². The average Bonchev–Trinajstić information content (AvgIpc) is 3.02. The topological polar surface area (TPSA) is 29.1 Å². The zero-order chi connectivity index (χ0) is 10.3. The van der Waals surface area contributed by atoms with E-state index < -0.39 is 0 Å². The zero-order valence-electron chi connectivity index (χ0n) is 8.70. The zero-order valence-corrected chi connectivity index (χ0v) is 8.70. The standard InChI is InChI=1S/C13H15NO/c15-13-7-12(8-14-13)11-5-3-10(4-6-11)9-1-2-9/h3-6,9,12H,1-2,7-8H2,(H,14,15). The first-order chi connectivity index (χ1) is 7.33. The third-order valence-corrected chi connectivity index (χ3v) is 3.43. The Balaban J connectivity index is 1.77. The molecule has 1 aromatic rings. The van der Waals surface area contributed by atoms with Crippen molar-refractivity contribution in [1.82, 2.24) is 5.32 Å². The predicted octanol–water partition coefficient (Wildman–Crippen LogP) is 2.17. The maximum Gasteiger partial charge on any atom is 0.220 e. The fraction of sp³-hybridized carbons (Fsp3) is 0.462. The van der Waals surface area contributed by atoms with Crippen LogP contribution in [-0.4, -0.2) is 12.5 Å². The Labute approximate surface area is 89.7 Å². The van der Waals surface area contributed by atoms with Gasteiger partial charge in [0.05, 0.1) is 0 Å². The molecule has 1 amide bonds. The summed E-state index contributed by atoms with van der Waals surface area (Å²) in [4.78, 5) is 11.1. The molecule has 1 heterocycles. The highest BCUT2D eigenvalue weighted by atomic mass is 16.1. The average molecular weight is 201 g/mol. The van der Waals surface area contributed by atoms with Crippen LogP contribution in [0.15, 0.2) is 24.3 Å². The fourth-order valence-electron chi connectivity index (χ4n) is 2.30. The lowest BCUT2D eigenvalue weighted by molar-refractivity contribution is -0.119. The molecule has 2 heteroatoms. The third-order valence-electron chi connectivity index (χ3n) is 3.43. The molecule has 1 saturated carbocycles. The predicted molar refractivity (Wildman–Crippen MR) is 58.8 cm³/mol. The molecular formula is C13H15NO. The largest absolute Gasteiger partial charge is 0.355 e. The molecule has 0 aromatic heterocycles. The van der Waals surface area contributed by atoms with Gasteiger partial charge in [-0.05, 0) is 29.9 Å². The number of amides is 1. The van der Waals surface area contributed by atoms with Gasteiger partial charge in [-0.2, -0.15) is 0 Å². The Morgan fingerprint density at radius 2 is 1.60 bits per heavy atom. The van der Waals surface area contributed by atoms with Crippen LogP contribution in [0.5, 0.6) is 0 Å². The normalized spacial score (nSPS) is 25.3. The van der Waals surface area contributed by atoms with E-state index in [0.717, 1.165) is 12.5 Å². The van der Waals surface area contributed by atoms with Crippen molar-refractivity contribution in [2.75, 3.05) is 6.54 Å². The lowest BCUT2D eigenvalue weighted by Crippen LogP contribution is -2.13. The molecule has 15 heavy (non-hydrogen) atoms. The van der Waals surface area contributed by atoms with Gasteiger partial charge >= 0.3 is 0 Å². The molecule has 2 nitrogen and oxygen atoms in total. The van der Waals surface area contributed by atoms with Gasteiger partial charge < -0.3 is 5.32 Å². The Hall–Kier alpha value is -1.31. The van der Waals surface area contributed by atoms with Crippen LogP contribution >= 0.6 is 0 Å². The van der Waals surface area contributed by atoms with E-state index in [4.69, 9.17) is 0 Å². The van der Waals surface area contributed by atoms with Crippen LogP contribution < -0.4 is 5.32 Å². The number of rotatable bonds is 2. The fourth-order valence-corrected chi connectivity index (χ4v) is 2.30. The number of hydrogen-bond donors (Lipinski definition) is 1. The van der Waals surface area contributed by atoms with Crippen LogP contribution in [0.4, 0.5) is 0 Å². The molecule has 0 radical (unpaired) electrons. The first kappa shape index (κ1) is 8.96. The van der Waals surface area contributed by atoms with Crippen molar-refractivity contribution in [3.63, 3.8) is 0 Å². The molecule has 1 aliphatic carbocycles. The molecule has 0 spiro atoms. The quantitative estimate of drug-likeness (QED) is 0.780. The molecule has 2 aliphatic rings. The maximum absolute atomic E-state index is 11.1. The van der Waals surface area contributed by atoms with Crippen LogP contribution in [-0.2, 0) is 4.79 Å². The SMILES string of the molecule is O=C1CC(c2ccc(C3CC3)cc2)CN1. The van der Waals surface area contributed by atoms with E-state index in [-0.39, 0.29) is 5.91 Å². The van der Waals surface area contributed by atoms with Crippen LogP contribution in [0.2, 0.25) is 0 Å². The minimum absolute atomic E-state index is 0.186. The number of nitrogens with one attached hydrogen (secondary N) is 1.